The first-order valence-electron chi connectivity index (χ1n) is 9.77. The van der Waals surface area contributed by atoms with Crippen molar-refractivity contribution in [3.8, 4) is 0 Å². The van der Waals surface area contributed by atoms with E-state index < -0.39 is 17.6 Å². The second kappa shape index (κ2) is 9.39. The molecular weight excluding hydrogens is 387 g/mol. The van der Waals surface area contributed by atoms with Crippen LogP contribution in [0, 0.1) is 11.7 Å². The zero-order valence-corrected chi connectivity index (χ0v) is 17.0. The van der Waals surface area contributed by atoms with E-state index in [1.54, 1.807) is 23.1 Å². The van der Waals surface area contributed by atoms with Gasteiger partial charge in [0.25, 0.3) is 11.8 Å². The maximum atomic E-state index is 13.1. The molecule has 158 valence electrons. The highest BCUT2D eigenvalue weighted by Crippen LogP contribution is 2.19. The predicted molar refractivity (Wildman–Crippen MR) is 111 cm³/mol. The lowest BCUT2D eigenvalue weighted by molar-refractivity contribution is -0.127. The highest BCUT2D eigenvalue weighted by Gasteiger charge is 2.29. The van der Waals surface area contributed by atoms with E-state index in [1.165, 1.54) is 24.3 Å². The summed E-state index contributed by atoms with van der Waals surface area (Å²) in [6, 6.07) is 12.4. The number of hydrogen-bond acceptors (Lipinski definition) is 4. The SMILES string of the molecule is CN(C)c1cccc(C(=O)NNC(=O)C2CCCN(C(=O)c3ccc(F)cc3)C2)c1. The average Bonchev–Trinajstić information content (AvgIpc) is 2.77. The first-order chi connectivity index (χ1) is 14.3. The number of anilines is 1. The molecule has 0 spiro atoms. The molecule has 3 amide bonds. The van der Waals surface area contributed by atoms with Crippen LogP contribution in [0.25, 0.3) is 0 Å². The number of halogens is 1. The fourth-order valence-corrected chi connectivity index (χ4v) is 3.37. The van der Waals surface area contributed by atoms with Crippen molar-refractivity contribution in [1.29, 1.82) is 0 Å². The lowest BCUT2D eigenvalue weighted by Crippen LogP contribution is -2.50. The van der Waals surface area contributed by atoms with Gasteiger partial charge >= 0.3 is 0 Å². The van der Waals surface area contributed by atoms with Crippen LogP contribution in [-0.4, -0.2) is 49.8 Å². The molecule has 1 heterocycles. The summed E-state index contributed by atoms with van der Waals surface area (Å²) in [7, 11) is 3.75. The summed E-state index contributed by atoms with van der Waals surface area (Å²) in [5, 5.41) is 0. The quantitative estimate of drug-likeness (QED) is 0.755. The summed E-state index contributed by atoms with van der Waals surface area (Å²) in [5.74, 6) is -1.84. The molecule has 2 N–H and O–H groups in total. The first-order valence-corrected chi connectivity index (χ1v) is 9.77. The number of amides is 3. The van der Waals surface area contributed by atoms with E-state index in [1.807, 2.05) is 25.1 Å². The van der Waals surface area contributed by atoms with Gasteiger partial charge in [0, 0.05) is 44.0 Å². The summed E-state index contributed by atoms with van der Waals surface area (Å²) in [6.45, 7) is 0.776. The Morgan fingerprint density at radius 1 is 1.03 bits per heavy atom. The van der Waals surface area contributed by atoms with Gasteiger partial charge in [0.2, 0.25) is 5.91 Å². The van der Waals surface area contributed by atoms with Crippen molar-refractivity contribution < 1.29 is 18.8 Å². The third-order valence-corrected chi connectivity index (χ3v) is 5.09. The Labute approximate surface area is 174 Å². The van der Waals surface area contributed by atoms with Crippen molar-refractivity contribution in [3.63, 3.8) is 0 Å². The maximum Gasteiger partial charge on any atom is 0.269 e. The highest BCUT2D eigenvalue weighted by molar-refractivity contribution is 5.97. The molecule has 30 heavy (non-hydrogen) atoms. The standard InChI is InChI=1S/C22H25FN4O3/c1-26(2)19-7-3-5-16(13-19)20(28)24-25-21(29)17-6-4-12-27(14-17)22(30)15-8-10-18(23)11-9-15/h3,5,7-11,13,17H,4,6,12,14H2,1-2H3,(H,24,28)(H,25,29). The lowest BCUT2D eigenvalue weighted by Gasteiger charge is -2.32. The van der Waals surface area contributed by atoms with Crippen LogP contribution in [0.5, 0.6) is 0 Å². The van der Waals surface area contributed by atoms with E-state index in [0.29, 0.717) is 30.5 Å². The summed E-state index contributed by atoms with van der Waals surface area (Å²) in [4.78, 5) is 41.0. The molecule has 1 aliphatic heterocycles. The van der Waals surface area contributed by atoms with Crippen LogP contribution >= 0.6 is 0 Å². The number of piperidine rings is 1. The maximum absolute atomic E-state index is 13.1. The fourth-order valence-electron chi connectivity index (χ4n) is 3.37. The van der Waals surface area contributed by atoms with E-state index >= 15 is 0 Å². The van der Waals surface area contributed by atoms with Crippen molar-refractivity contribution in [1.82, 2.24) is 15.8 Å². The molecular formula is C22H25FN4O3. The second-order valence-electron chi connectivity index (χ2n) is 7.49. The number of hydrazine groups is 1. The van der Waals surface area contributed by atoms with Crippen LogP contribution in [0.15, 0.2) is 48.5 Å². The fraction of sp³-hybridized carbons (Fsp3) is 0.318. The van der Waals surface area contributed by atoms with Crippen molar-refractivity contribution >= 4 is 23.4 Å². The molecule has 0 saturated carbocycles. The lowest BCUT2D eigenvalue weighted by atomic mass is 9.96. The minimum absolute atomic E-state index is 0.239. The molecule has 7 nitrogen and oxygen atoms in total. The zero-order chi connectivity index (χ0) is 21.7. The van der Waals surface area contributed by atoms with Crippen LogP contribution in [-0.2, 0) is 4.79 Å². The van der Waals surface area contributed by atoms with E-state index in [4.69, 9.17) is 0 Å². The molecule has 1 aliphatic rings. The number of carbonyl (C=O) groups is 3. The molecule has 1 atom stereocenters. The van der Waals surface area contributed by atoms with Crippen molar-refractivity contribution in [3.05, 3.63) is 65.5 Å². The van der Waals surface area contributed by atoms with Crippen LogP contribution < -0.4 is 15.8 Å². The highest BCUT2D eigenvalue weighted by atomic mass is 19.1. The Bertz CT molecular complexity index is 930. The van der Waals surface area contributed by atoms with E-state index in [2.05, 4.69) is 10.9 Å². The van der Waals surface area contributed by atoms with Gasteiger partial charge in [-0.2, -0.15) is 0 Å². The number of nitrogens with zero attached hydrogens (tertiary/aromatic N) is 2. The van der Waals surface area contributed by atoms with Gasteiger partial charge in [0.1, 0.15) is 5.82 Å². The van der Waals surface area contributed by atoms with Crippen molar-refractivity contribution in [2.24, 2.45) is 5.92 Å². The molecule has 8 heteroatoms. The molecule has 0 aromatic heterocycles. The summed E-state index contributed by atoms with van der Waals surface area (Å²) in [5.41, 5.74) is 6.59. The molecule has 1 fully saturated rings. The molecule has 0 bridgehead atoms. The third kappa shape index (κ3) is 5.14. The van der Waals surface area contributed by atoms with Gasteiger partial charge in [0.15, 0.2) is 0 Å². The van der Waals surface area contributed by atoms with Crippen LogP contribution in [0.3, 0.4) is 0 Å². The zero-order valence-electron chi connectivity index (χ0n) is 17.0. The number of rotatable bonds is 4. The van der Waals surface area contributed by atoms with Gasteiger partial charge in [-0.3, -0.25) is 25.2 Å². The summed E-state index contributed by atoms with van der Waals surface area (Å²) in [6.07, 6.45) is 1.29. The van der Waals surface area contributed by atoms with Gasteiger partial charge in [-0.05, 0) is 55.3 Å². The minimum atomic E-state index is -0.434. The number of likely N-dealkylation sites (tertiary alicyclic amines) is 1. The van der Waals surface area contributed by atoms with Gasteiger partial charge in [-0.1, -0.05) is 6.07 Å². The number of carbonyl (C=O) groups excluding carboxylic acids is 3. The third-order valence-electron chi connectivity index (χ3n) is 5.09. The minimum Gasteiger partial charge on any atom is -0.378 e. The van der Waals surface area contributed by atoms with Gasteiger partial charge < -0.3 is 9.80 Å². The Morgan fingerprint density at radius 3 is 2.47 bits per heavy atom. The topological polar surface area (TPSA) is 81.8 Å². The van der Waals surface area contributed by atoms with E-state index in [-0.39, 0.29) is 18.4 Å². The van der Waals surface area contributed by atoms with Crippen LogP contribution in [0.4, 0.5) is 10.1 Å². The van der Waals surface area contributed by atoms with Gasteiger partial charge in [-0.25, -0.2) is 4.39 Å². The molecule has 2 aromatic rings. The van der Waals surface area contributed by atoms with Crippen LogP contribution in [0.1, 0.15) is 33.6 Å². The second-order valence-corrected chi connectivity index (χ2v) is 7.49. The molecule has 0 aliphatic carbocycles. The number of nitrogens with one attached hydrogen (secondary N) is 2. The Hall–Kier alpha value is -3.42. The molecule has 0 radical (unpaired) electrons. The van der Waals surface area contributed by atoms with Crippen molar-refractivity contribution in [2.45, 2.75) is 12.8 Å². The number of benzene rings is 2. The largest absolute Gasteiger partial charge is 0.378 e. The Balaban J connectivity index is 1.56. The monoisotopic (exact) mass is 412 g/mol. The molecule has 3 rings (SSSR count). The Morgan fingerprint density at radius 2 is 1.77 bits per heavy atom. The average molecular weight is 412 g/mol. The first kappa shape index (κ1) is 21.3. The number of hydrogen-bond donors (Lipinski definition) is 2. The Kier molecular flexibility index (Phi) is 6.66. The molecule has 1 saturated heterocycles. The molecule has 1 unspecified atom stereocenters. The van der Waals surface area contributed by atoms with Crippen molar-refractivity contribution in [2.75, 3.05) is 32.1 Å². The predicted octanol–water partition coefficient (Wildman–Crippen LogP) is 2.21. The summed E-state index contributed by atoms with van der Waals surface area (Å²) >= 11 is 0. The smallest absolute Gasteiger partial charge is 0.269 e. The van der Waals surface area contributed by atoms with E-state index in [0.717, 1.165) is 5.69 Å². The van der Waals surface area contributed by atoms with Crippen LogP contribution in [0.2, 0.25) is 0 Å². The van der Waals surface area contributed by atoms with Gasteiger partial charge in [-0.15, -0.1) is 0 Å². The normalized spacial score (nSPS) is 16.0. The van der Waals surface area contributed by atoms with E-state index in [9.17, 15) is 18.8 Å². The van der Waals surface area contributed by atoms with Gasteiger partial charge in [0.05, 0.1) is 5.92 Å². The summed E-state index contributed by atoms with van der Waals surface area (Å²) < 4.78 is 13.1. The molecule has 2 aromatic carbocycles.